The number of pyridine rings is 1. The van der Waals surface area contributed by atoms with Gasteiger partial charge in [-0.1, -0.05) is 18.2 Å². The molecule has 0 N–H and O–H groups in total. The Balaban J connectivity index is 2.95. The van der Waals surface area contributed by atoms with Gasteiger partial charge in [0.2, 0.25) is 0 Å². The molecule has 2 aromatic rings. The van der Waals surface area contributed by atoms with Crippen molar-refractivity contribution in [2.75, 3.05) is 0 Å². The van der Waals surface area contributed by atoms with E-state index in [-0.39, 0.29) is 0 Å². The van der Waals surface area contributed by atoms with E-state index in [1.807, 2.05) is 12.1 Å². The van der Waals surface area contributed by atoms with E-state index in [0.717, 1.165) is 11.1 Å². The van der Waals surface area contributed by atoms with Crippen LogP contribution in [0.15, 0.2) is 30.5 Å². The van der Waals surface area contributed by atoms with Gasteiger partial charge in [-0.2, -0.15) is 0 Å². The third-order valence-electron chi connectivity index (χ3n) is 2.07. The monoisotopic (exact) mass is 156 g/mol. The fourth-order valence-corrected chi connectivity index (χ4v) is 1.37. The van der Waals surface area contributed by atoms with E-state index in [4.69, 9.17) is 0 Å². The van der Waals surface area contributed by atoms with Gasteiger partial charge in [-0.3, -0.25) is 4.98 Å². The zero-order chi connectivity index (χ0) is 8.55. The molecule has 0 amide bonds. The van der Waals surface area contributed by atoms with Gasteiger partial charge in [-0.15, -0.1) is 0 Å². The summed E-state index contributed by atoms with van der Waals surface area (Å²) >= 11 is 0. The van der Waals surface area contributed by atoms with E-state index in [9.17, 15) is 0 Å². The largest absolute Gasteiger partial charge is 0.256 e. The number of aromatic nitrogens is 1. The minimum atomic E-state index is 0.996. The Labute approximate surface area is 72.1 Å². The van der Waals surface area contributed by atoms with Crippen LogP contribution in [0, 0.1) is 13.8 Å². The van der Waals surface area contributed by atoms with E-state index >= 15 is 0 Å². The quantitative estimate of drug-likeness (QED) is 0.571. The van der Waals surface area contributed by atoms with Crippen LogP contribution >= 0.6 is 0 Å². The van der Waals surface area contributed by atoms with Crippen LogP contribution in [0.25, 0.3) is 10.9 Å². The van der Waals surface area contributed by atoms with Crippen LogP contribution in [0.3, 0.4) is 0 Å². The molecule has 1 heterocycles. The van der Waals surface area contributed by atoms with Gasteiger partial charge in [-0.05, 0) is 31.0 Å². The Bertz CT molecular complexity index is 378. The third kappa shape index (κ3) is 0.981. The highest BCUT2D eigenvalue weighted by Gasteiger charge is 1.98. The Kier molecular flexibility index (Phi) is 1.58. The fraction of sp³-hybridized carbons (Fsp3) is 0.0909. The first kappa shape index (κ1) is 7.29. The van der Waals surface area contributed by atoms with E-state index in [2.05, 4.69) is 31.0 Å². The Morgan fingerprint density at radius 3 is 2.83 bits per heavy atom. The molecule has 1 aromatic carbocycles. The van der Waals surface area contributed by atoms with Crippen molar-refractivity contribution in [1.29, 1.82) is 0 Å². The maximum Gasteiger partial charge on any atom is 0.0736 e. The topological polar surface area (TPSA) is 12.9 Å². The smallest absolute Gasteiger partial charge is 0.0736 e. The Morgan fingerprint density at radius 2 is 2.08 bits per heavy atom. The third-order valence-corrected chi connectivity index (χ3v) is 2.07. The van der Waals surface area contributed by atoms with Crippen molar-refractivity contribution in [3.05, 3.63) is 48.5 Å². The number of hydrogen-bond acceptors (Lipinski definition) is 1. The Hall–Kier alpha value is -1.37. The maximum atomic E-state index is 4.28. The number of rotatable bonds is 0. The van der Waals surface area contributed by atoms with E-state index in [1.165, 1.54) is 10.9 Å². The predicted molar refractivity (Wildman–Crippen MR) is 50.9 cm³/mol. The standard InChI is InChI=1S/C11H10N/c1-8-5-6-9(2)11-10(8)4-3-7-12-11/h3-7H,2H2,1H3. The number of fused-ring (bicyclic) bond motifs is 1. The molecule has 0 aliphatic carbocycles. The molecular weight excluding hydrogens is 146 g/mol. The summed E-state index contributed by atoms with van der Waals surface area (Å²) < 4.78 is 0. The first-order valence-corrected chi connectivity index (χ1v) is 3.95. The first-order valence-electron chi connectivity index (χ1n) is 3.95. The SMILES string of the molecule is [CH2]c1ccc(C)c2cccnc12. The molecule has 0 spiro atoms. The number of hydrogen-bond donors (Lipinski definition) is 0. The van der Waals surface area contributed by atoms with Gasteiger partial charge in [-0.25, -0.2) is 0 Å². The van der Waals surface area contributed by atoms with E-state index < -0.39 is 0 Å². The van der Waals surface area contributed by atoms with Gasteiger partial charge >= 0.3 is 0 Å². The van der Waals surface area contributed by atoms with Gasteiger partial charge < -0.3 is 0 Å². The summed E-state index contributed by atoms with van der Waals surface area (Å²) in [7, 11) is 0. The molecule has 1 heteroatoms. The van der Waals surface area contributed by atoms with Gasteiger partial charge in [0.15, 0.2) is 0 Å². The van der Waals surface area contributed by atoms with Crippen LogP contribution in [-0.2, 0) is 0 Å². The molecule has 0 unspecified atom stereocenters. The lowest BCUT2D eigenvalue weighted by Gasteiger charge is -2.02. The minimum Gasteiger partial charge on any atom is -0.256 e. The molecular formula is C11H10N. The second kappa shape index (κ2) is 2.59. The second-order valence-electron chi connectivity index (χ2n) is 2.94. The van der Waals surface area contributed by atoms with Crippen molar-refractivity contribution >= 4 is 10.9 Å². The fourth-order valence-electron chi connectivity index (χ4n) is 1.37. The second-order valence-corrected chi connectivity index (χ2v) is 2.94. The first-order chi connectivity index (χ1) is 5.79. The van der Waals surface area contributed by atoms with Gasteiger partial charge in [0.1, 0.15) is 0 Å². The molecule has 12 heavy (non-hydrogen) atoms. The summed E-state index contributed by atoms with van der Waals surface area (Å²) in [5.41, 5.74) is 3.26. The van der Waals surface area contributed by atoms with Crippen molar-refractivity contribution in [2.24, 2.45) is 0 Å². The highest BCUT2D eigenvalue weighted by atomic mass is 14.6. The summed E-state index contributed by atoms with van der Waals surface area (Å²) in [6.07, 6.45) is 1.80. The molecule has 0 aliphatic heterocycles. The molecule has 59 valence electrons. The summed E-state index contributed by atoms with van der Waals surface area (Å²) in [6.45, 7) is 6.01. The lowest BCUT2D eigenvalue weighted by Crippen LogP contribution is -1.84. The molecule has 0 bridgehead atoms. The van der Waals surface area contributed by atoms with Crippen molar-refractivity contribution in [1.82, 2.24) is 4.98 Å². The van der Waals surface area contributed by atoms with E-state index in [0.29, 0.717) is 0 Å². The highest BCUT2D eigenvalue weighted by Crippen LogP contribution is 2.18. The van der Waals surface area contributed by atoms with Gasteiger partial charge in [0.05, 0.1) is 5.52 Å². The van der Waals surface area contributed by atoms with Crippen LogP contribution in [0.4, 0.5) is 0 Å². The van der Waals surface area contributed by atoms with Crippen molar-refractivity contribution in [3.8, 4) is 0 Å². The average molecular weight is 156 g/mol. The molecule has 0 aliphatic rings. The molecule has 0 saturated heterocycles. The van der Waals surface area contributed by atoms with Gasteiger partial charge in [0, 0.05) is 11.6 Å². The van der Waals surface area contributed by atoms with Crippen LogP contribution < -0.4 is 0 Å². The van der Waals surface area contributed by atoms with Crippen LogP contribution in [0.5, 0.6) is 0 Å². The summed E-state index contributed by atoms with van der Waals surface area (Å²) in [5.74, 6) is 0. The van der Waals surface area contributed by atoms with E-state index in [1.54, 1.807) is 6.20 Å². The summed E-state index contributed by atoms with van der Waals surface area (Å²) in [6, 6.07) is 8.11. The summed E-state index contributed by atoms with van der Waals surface area (Å²) in [5, 5.41) is 1.20. The predicted octanol–water partition coefficient (Wildman–Crippen LogP) is 2.73. The normalized spacial score (nSPS) is 10.5. The number of nitrogens with zero attached hydrogens (tertiary/aromatic N) is 1. The molecule has 0 saturated carbocycles. The van der Waals surface area contributed by atoms with Crippen LogP contribution in [-0.4, -0.2) is 4.98 Å². The molecule has 1 nitrogen and oxygen atoms in total. The minimum absolute atomic E-state index is 0.996. The molecule has 0 fully saturated rings. The highest BCUT2D eigenvalue weighted by molar-refractivity contribution is 5.85. The van der Waals surface area contributed by atoms with Gasteiger partial charge in [0.25, 0.3) is 0 Å². The lowest BCUT2D eigenvalue weighted by molar-refractivity contribution is 1.38. The van der Waals surface area contributed by atoms with Crippen LogP contribution in [0.2, 0.25) is 0 Å². The molecule has 1 aromatic heterocycles. The number of aryl methyl sites for hydroxylation is 1. The van der Waals surface area contributed by atoms with Crippen molar-refractivity contribution < 1.29 is 0 Å². The number of benzene rings is 1. The van der Waals surface area contributed by atoms with Crippen molar-refractivity contribution in [3.63, 3.8) is 0 Å². The van der Waals surface area contributed by atoms with Crippen LogP contribution in [0.1, 0.15) is 11.1 Å². The molecule has 0 atom stereocenters. The lowest BCUT2D eigenvalue weighted by atomic mass is 10.1. The molecule has 2 rings (SSSR count). The zero-order valence-corrected chi connectivity index (χ0v) is 7.04. The Morgan fingerprint density at radius 1 is 1.25 bits per heavy atom. The zero-order valence-electron chi connectivity index (χ0n) is 7.04. The van der Waals surface area contributed by atoms with Crippen molar-refractivity contribution in [2.45, 2.75) is 6.92 Å². The summed E-state index contributed by atoms with van der Waals surface area (Å²) in [4.78, 5) is 4.28. The molecule has 1 radical (unpaired) electrons. The average Bonchev–Trinajstić information content (AvgIpc) is 2.12. The maximum absolute atomic E-state index is 4.28.